The van der Waals surface area contributed by atoms with Crippen LogP contribution in [-0.4, -0.2) is 88.9 Å². The van der Waals surface area contributed by atoms with Gasteiger partial charge in [0.05, 0.1) is 6.54 Å². The van der Waals surface area contributed by atoms with E-state index in [4.69, 9.17) is 19.8 Å². The molecule has 220 valence electrons. The summed E-state index contributed by atoms with van der Waals surface area (Å²) in [6, 6.07) is 11.0. The van der Waals surface area contributed by atoms with Crippen LogP contribution in [0.25, 0.3) is 11.1 Å². The highest BCUT2D eigenvalue weighted by Crippen LogP contribution is 2.47. The molecule has 1 aromatic carbocycles. The molecule has 1 saturated heterocycles. The number of likely N-dealkylation sites (N-methyl/N-ethyl adjacent to an activating group) is 1. The third-order valence-corrected chi connectivity index (χ3v) is 6.55. The topological polar surface area (TPSA) is 111 Å². The molecule has 1 amide bonds. The second kappa shape index (κ2) is 13.1. The van der Waals surface area contributed by atoms with Crippen LogP contribution in [0.3, 0.4) is 0 Å². The first kappa shape index (κ1) is 32.5. The first-order valence-electron chi connectivity index (χ1n) is 12.0. The second-order valence-electron chi connectivity index (χ2n) is 9.62. The number of aliphatic carboxylic acids is 2. The van der Waals surface area contributed by atoms with Crippen LogP contribution in [0, 0.1) is 0 Å². The van der Waals surface area contributed by atoms with E-state index in [1.54, 1.807) is 0 Å². The molecule has 1 aromatic heterocycles. The Morgan fingerprint density at radius 3 is 1.93 bits per heavy atom. The van der Waals surface area contributed by atoms with Crippen LogP contribution in [0.1, 0.15) is 30.4 Å². The number of benzene rings is 1. The number of carboxylic acid groups (broad SMARTS) is 2. The second-order valence-corrected chi connectivity index (χ2v) is 9.62. The van der Waals surface area contributed by atoms with E-state index in [1.807, 2.05) is 42.4 Å². The SMILES string of the molecule is CN(C)CC(=O)N1CCC2(CCc3cc(-c4cccnc4)ccc32)CC1.O=C(O)C(F)(F)F.O=C(O)C(F)(F)F. The van der Waals surface area contributed by atoms with Gasteiger partial charge in [0.2, 0.25) is 5.91 Å². The van der Waals surface area contributed by atoms with Crippen molar-refractivity contribution in [2.75, 3.05) is 33.7 Å². The summed E-state index contributed by atoms with van der Waals surface area (Å²) in [5, 5.41) is 14.2. The number of likely N-dealkylation sites (tertiary alicyclic amines) is 1. The van der Waals surface area contributed by atoms with Gasteiger partial charge < -0.3 is 20.0 Å². The lowest BCUT2D eigenvalue weighted by Crippen LogP contribution is -2.46. The van der Waals surface area contributed by atoms with Crippen molar-refractivity contribution in [1.82, 2.24) is 14.8 Å². The van der Waals surface area contributed by atoms with Crippen LogP contribution < -0.4 is 0 Å². The normalized spacial score (nSPS) is 15.9. The molecular weight excluding hydrogens is 548 g/mol. The van der Waals surface area contributed by atoms with E-state index < -0.39 is 24.3 Å². The lowest BCUT2D eigenvalue weighted by Gasteiger charge is -2.40. The van der Waals surface area contributed by atoms with E-state index in [0.29, 0.717) is 6.54 Å². The summed E-state index contributed by atoms with van der Waals surface area (Å²) in [7, 11) is 3.91. The number of aryl methyl sites for hydroxylation is 1. The molecule has 0 saturated carbocycles. The number of rotatable bonds is 3. The Morgan fingerprint density at radius 2 is 1.48 bits per heavy atom. The quantitative estimate of drug-likeness (QED) is 0.521. The van der Waals surface area contributed by atoms with Gasteiger partial charge in [-0.2, -0.15) is 26.3 Å². The zero-order valence-electron chi connectivity index (χ0n) is 21.7. The number of carboxylic acids is 2. The molecular formula is C26H29F6N3O5. The van der Waals surface area contributed by atoms with Gasteiger partial charge in [-0.1, -0.05) is 24.3 Å². The molecule has 2 N–H and O–H groups in total. The number of aromatic nitrogens is 1. The Hall–Kier alpha value is -3.68. The number of fused-ring (bicyclic) bond motifs is 2. The number of amides is 1. The van der Waals surface area contributed by atoms with Crippen LogP contribution >= 0.6 is 0 Å². The maximum atomic E-state index is 12.3. The average molecular weight is 578 g/mol. The minimum atomic E-state index is -5.08. The number of carbonyl (C=O) groups excluding carboxylic acids is 1. The number of pyridine rings is 1. The summed E-state index contributed by atoms with van der Waals surface area (Å²) >= 11 is 0. The van der Waals surface area contributed by atoms with Crippen LogP contribution in [-0.2, 0) is 26.2 Å². The van der Waals surface area contributed by atoms with Crippen molar-refractivity contribution in [3.63, 3.8) is 0 Å². The number of hydrogen-bond acceptors (Lipinski definition) is 5. The molecule has 0 bridgehead atoms. The molecule has 2 aliphatic rings. The Balaban J connectivity index is 0.000000333. The number of hydrogen-bond donors (Lipinski definition) is 2. The minimum Gasteiger partial charge on any atom is -0.475 e. The van der Waals surface area contributed by atoms with Gasteiger partial charge in [-0.15, -0.1) is 0 Å². The summed E-state index contributed by atoms with van der Waals surface area (Å²) in [5.41, 5.74) is 5.72. The first-order chi connectivity index (χ1) is 18.5. The Kier molecular flexibility index (Phi) is 10.7. The molecule has 1 spiro atoms. The first-order valence-corrected chi connectivity index (χ1v) is 12.0. The predicted molar refractivity (Wildman–Crippen MR) is 131 cm³/mol. The third-order valence-electron chi connectivity index (χ3n) is 6.55. The monoisotopic (exact) mass is 577 g/mol. The molecule has 40 heavy (non-hydrogen) atoms. The molecule has 0 atom stereocenters. The number of alkyl halides is 6. The molecule has 8 nitrogen and oxygen atoms in total. The fourth-order valence-corrected chi connectivity index (χ4v) is 4.61. The van der Waals surface area contributed by atoms with E-state index in [2.05, 4.69) is 29.2 Å². The fourth-order valence-electron chi connectivity index (χ4n) is 4.61. The van der Waals surface area contributed by atoms with Crippen LogP contribution in [0.15, 0.2) is 42.7 Å². The maximum Gasteiger partial charge on any atom is 0.490 e. The van der Waals surface area contributed by atoms with Crippen LogP contribution in [0.2, 0.25) is 0 Å². The molecule has 2 heterocycles. The molecule has 14 heteroatoms. The van der Waals surface area contributed by atoms with Crippen molar-refractivity contribution in [1.29, 1.82) is 0 Å². The van der Waals surface area contributed by atoms with Crippen molar-refractivity contribution in [3.8, 4) is 11.1 Å². The number of piperidine rings is 1. The lowest BCUT2D eigenvalue weighted by atomic mass is 9.73. The Labute approximate surface area is 226 Å². The smallest absolute Gasteiger partial charge is 0.475 e. The van der Waals surface area contributed by atoms with Crippen LogP contribution in [0.4, 0.5) is 26.3 Å². The zero-order valence-corrected chi connectivity index (χ0v) is 21.7. The van der Waals surface area contributed by atoms with E-state index in [1.165, 1.54) is 28.7 Å². The highest BCUT2D eigenvalue weighted by atomic mass is 19.4. The molecule has 1 fully saturated rings. The molecule has 0 unspecified atom stereocenters. The highest BCUT2D eigenvalue weighted by molar-refractivity contribution is 5.78. The summed E-state index contributed by atoms with van der Waals surface area (Å²) in [4.78, 5) is 38.4. The van der Waals surface area contributed by atoms with Gasteiger partial charge in [-0.25, -0.2) is 9.59 Å². The zero-order chi connectivity index (χ0) is 30.3. The van der Waals surface area contributed by atoms with Crippen LogP contribution in [0.5, 0.6) is 0 Å². The summed E-state index contributed by atoms with van der Waals surface area (Å²) < 4.78 is 63.5. The summed E-state index contributed by atoms with van der Waals surface area (Å²) in [6.07, 6.45) is -1.88. The van der Waals surface area contributed by atoms with Gasteiger partial charge in [0.25, 0.3) is 0 Å². The van der Waals surface area contributed by atoms with Crippen molar-refractivity contribution < 1.29 is 50.9 Å². The molecule has 0 radical (unpaired) electrons. The maximum absolute atomic E-state index is 12.3. The predicted octanol–water partition coefficient (Wildman–Crippen LogP) is 4.38. The van der Waals surface area contributed by atoms with Gasteiger partial charge in [-0.3, -0.25) is 9.78 Å². The van der Waals surface area contributed by atoms with Crippen molar-refractivity contribution in [2.24, 2.45) is 0 Å². The Morgan fingerprint density at radius 1 is 0.925 bits per heavy atom. The van der Waals surface area contributed by atoms with E-state index in [-0.39, 0.29) is 11.3 Å². The average Bonchev–Trinajstić information content (AvgIpc) is 3.21. The lowest BCUT2D eigenvalue weighted by molar-refractivity contribution is -0.193. The molecule has 2 aromatic rings. The number of halogens is 6. The van der Waals surface area contributed by atoms with Crippen molar-refractivity contribution in [3.05, 3.63) is 53.9 Å². The number of nitrogens with zero attached hydrogens (tertiary/aromatic N) is 3. The fraction of sp³-hybridized carbons (Fsp3) is 0.462. The van der Waals surface area contributed by atoms with Crippen molar-refractivity contribution in [2.45, 2.75) is 43.5 Å². The molecule has 1 aliphatic heterocycles. The van der Waals surface area contributed by atoms with Crippen molar-refractivity contribution >= 4 is 17.8 Å². The summed E-state index contributed by atoms with van der Waals surface area (Å²) in [5.74, 6) is -5.25. The van der Waals surface area contributed by atoms with Gasteiger partial charge >= 0.3 is 24.3 Å². The van der Waals surface area contributed by atoms with E-state index in [9.17, 15) is 31.1 Å². The van der Waals surface area contributed by atoms with Gasteiger partial charge in [0, 0.05) is 25.5 Å². The van der Waals surface area contributed by atoms with E-state index in [0.717, 1.165) is 32.4 Å². The van der Waals surface area contributed by atoms with Gasteiger partial charge in [-0.05, 0) is 73.5 Å². The van der Waals surface area contributed by atoms with E-state index >= 15 is 0 Å². The summed E-state index contributed by atoms with van der Waals surface area (Å²) in [6.45, 7) is 2.28. The standard InChI is InChI=1S/C22H27N3O.2C2HF3O2/c1-24(2)16-21(26)25-12-9-22(10-13-25)8-7-18-14-17(5-6-20(18)22)19-4-3-11-23-15-19;2*3-2(4,5)1(6)7/h3-6,11,14-15H,7-10,12-13,16H2,1-2H3;2*(H,6,7). The van der Waals surface area contributed by atoms with Gasteiger partial charge in [0.1, 0.15) is 0 Å². The largest absolute Gasteiger partial charge is 0.490 e. The molecule has 4 rings (SSSR count). The minimum absolute atomic E-state index is 0.259. The van der Waals surface area contributed by atoms with Gasteiger partial charge in [0.15, 0.2) is 0 Å². The highest BCUT2D eigenvalue weighted by Gasteiger charge is 2.42. The Bertz CT molecular complexity index is 1150. The third kappa shape index (κ3) is 8.93. The number of carbonyl (C=O) groups is 3. The molecule has 1 aliphatic carbocycles.